The fourth-order valence-electron chi connectivity index (χ4n) is 2.75. The molecule has 1 aromatic carbocycles. The summed E-state index contributed by atoms with van der Waals surface area (Å²) in [6.07, 6.45) is 2.01. The molecule has 0 saturated carbocycles. The third-order valence-corrected chi connectivity index (χ3v) is 6.65. The van der Waals surface area contributed by atoms with E-state index in [0.29, 0.717) is 23.6 Å². The van der Waals surface area contributed by atoms with Gasteiger partial charge in [-0.05, 0) is 73.7 Å². The molecule has 0 aliphatic carbocycles. The van der Waals surface area contributed by atoms with Crippen LogP contribution in [0.2, 0.25) is 0 Å². The van der Waals surface area contributed by atoms with E-state index in [4.69, 9.17) is 0 Å². The first-order valence-electron chi connectivity index (χ1n) is 9.07. The topological polar surface area (TPSA) is 119 Å². The summed E-state index contributed by atoms with van der Waals surface area (Å²) in [5.41, 5.74) is 2.85. The lowest BCUT2D eigenvalue weighted by Crippen LogP contribution is -2.17. The van der Waals surface area contributed by atoms with Crippen molar-refractivity contribution in [1.29, 1.82) is 0 Å². The number of sulfonamides is 1. The molecule has 0 atom stereocenters. The Morgan fingerprint density at radius 2 is 1.73 bits per heavy atom. The van der Waals surface area contributed by atoms with Crippen LogP contribution in [0.4, 0.5) is 11.6 Å². The molecule has 0 aliphatic heterocycles. The van der Waals surface area contributed by atoms with Gasteiger partial charge in [-0.25, -0.2) is 23.1 Å². The predicted octanol–water partition coefficient (Wildman–Crippen LogP) is 3.03. The van der Waals surface area contributed by atoms with Crippen molar-refractivity contribution in [1.82, 2.24) is 19.7 Å². The van der Waals surface area contributed by atoms with Gasteiger partial charge in [0.15, 0.2) is 0 Å². The van der Waals surface area contributed by atoms with Crippen molar-refractivity contribution in [3.8, 4) is 0 Å². The first-order chi connectivity index (χ1) is 14.1. The molecule has 0 fully saturated rings. The first kappa shape index (κ1) is 22.2. The fourth-order valence-corrected chi connectivity index (χ4v) is 4.10. The molecule has 0 bridgehead atoms. The molecular formula is C19H21IN6O3S. The van der Waals surface area contributed by atoms with E-state index in [-0.39, 0.29) is 23.2 Å². The molecule has 3 rings (SSSR count). The molecule has 0 spiro atoms. The Morgan fingerprint density at radius 1 is 1.10 bits per heavy atom. The lowest BCUT2D eigenvalue weighted by atomic mass is 10.3. The number of aromatic nitrogens is 4. The summed E-state index contributed by atoms with van der Waals surface area (Å²) in [4.78, 5) is 20.4. The third kappa shape index (κ3) is 5.53. The second kappa shape index (κ2) is 9.08. The highest BCUT2D eigenvalue weighted by Crippen LogP contribution is 2.17. The average molecular weight is 540 g/mol. The predicted molar refractivity (Wildman–Crippen MR) is 122 cm³/mol. The molecule has 9 nitrogen and oxygen atoms in total. The van der Waals surface area contributed by atoms with Crippen LogP contribution in [-0.4, -0.2) is 34.1 Å². The molecule has 2 heterocycles. The molecule has 0 saturated heterocycles. The van der Waals surface area contributed by atoms with E-state index in [1.165, 1.54) is 24.3 Å². The highest BCUT2D eigenvalue weighted by Gasteiger charge is 2.16. The number of nitrogens with zero attached hydrogens (tertiary/aromatic N) is 4. The van der Waals surface area contributed by atoms with Crippen LogP contribution in [0.3, 0.4) is 0 Å². The lowest BCUT2D eigenvalue weighted by molar-refractivity contribution is -0.116. The second-order valence-electron chi connectivity index (χ2n) is 6.70. The zero-order chi connectivity index (χ0) is 21.9. The van der Waals surface area contributed by atoms with Crippen molar-refractivity contribution in [3.05, 3.63) is 57.2 Å². The summed E-state index contributed by atoms with van der Waals surface area (Å²) in [5.74, 6) is -0.161. The molecule has 0 aliphatic rings. The molecule has 3 aromatic rings. The molecule has 11 heteroatoms. The van der Waals surface area contributed by atoms with E-state index < -0.39 is 10.0 Å². The van der Waals surface area contributed by atoms with Gasteiger partial charge in [0.2, 0.25) is 11.9 Å². The Balaban J connectivity index is 1.62. The zero-order valence-corrected chi connectivity index (χ0v) is 19.7. The normalized spacial score (nSPS) is 11.3. The Labute approximate surface area is 188 Å². The minimum atomic E-state index is -3.84. The number of anilines is 2. The van der Waals surface area contributed by atoms with Gasteiger partial charge in [0.05, 0.1) is 21.2 Å². The molecule has 30 heavy (non-hydrogen) atoms. The number of nitrogens with one attached hydrogen (secondary N) is 2. The minimum Gasteiger partial charge on any atom is -0.326 e. The van der Waals surface area contributed by atoms with E-state index >= 15 is 0 Å². The van der Waals surface area contributed by atoms with Gasteiger partial charge in [0.1, 0.15) is 0 Å². The van der Waals surface area contributed by atoms with E-state index in [1.807, 2.05) is 6.92 Å². The van der Waals surface area contributed by atoms with Crippen molar-refractivity contribution in [2.45, 2.75) is 38.6 Å². The van der Waals surface area contributed by atoms with Gasteiger partial charge in [-0.1, -0.05) is 0 Å². The average Bonchev–Trinajstić information content (AvgIpc) is 2.97. The van der Waals surface area contributed by atoms with Crippen LogP contribution >= 0.6 is 22.6 Å². The molecular weight excluding hydrogens is 519 g/mol. The maximum Gasteiger partial charge on any atom is 0.264 e. The number of hydrogen-bond donors (Lipinski definition) is 2. The zero-order valence-electron chi connectivity index (χ0n) is 16.7. The maximum absolute atomic E-state index is 12.6. The minimum absolute atomic E-state index is 0.0217. The van der Waals surface area contributed by atoms with Gasteiger partial charge >= 0.3 is 0 Å². The number of carbonyl (C=O) groups excluding carboxylic acids is 1. The smallest absolute Gasteiger partial charge is 0.264 e. The van der Waals surface area contributed by atoms with Crippen LogP contribution in [0.25, 0.3) is 0 Å². The molecule has 2 N–H and O–H groups in total. The Bertz CT molecular complexity index is 1160. The van der Waals surface area contributed by atoms with E-state index in [2.05, 4.69) is 47.7 Å². The van der Waals surface area contributed by atoms with Crippen LogP contribution in [-0.2, 0) is 21.4 Å². The molecule has 1 amide bonds. The van der Waals surface area contributed by atoms with Crippen LogP contribution in [0, 0.1) is 24.3 Å². The first-order valence-corrected chi connectivity index (χ1v) is 11.6. The van der Waals surface area contributed by atoms with Crippen LogP contribution < -0.4 is 10.0 Å². The van der Waals surface area contributed by atoms with Gasteiger partial charge in [0, 0.05) is 29.2 Å². The summed E-state index contributed by atoms with van der Waals surface area (Å²) < 4.78 is 30.3. The van der Waals surface area contributed by atoms with Crippen LogP contribution in [0.1, 0.15) is 23.5 Å². The van der Waals surface area contributed by atoms with Crippen LogP contribution in [0.5, 0.6) is 0 Å². The standard InChI is InChI=1S/C19H21IN6O3S/c1-12-10-13(2)23-19(22-12)25-30(28,29)16-6-4-15(5-7-16)24-18(27)8-9-26-14(3)17(20)11-21-26/h4-7,10-11H,8-9H2,1-3H3,(H,24,27)(H,22,23,25). The highest BCUT2D eigenvalue weighted by atomic mass is 127. The largest absolute Gasteiger partial charge is 0.326 e. The summed E-state index contributed by atoms with van der Waals surface area (Å²) in [6, 6.07) is 7.67. The quantitative estimate of drug-likeness (QED) is 0.445. The highest BCUT2D eigenvalue weighted by molar-refractivity contribution is 14.1. The van der Waals surface area contributed by atoms with Crippen molar-refractivity contribution < 1.29 is 13.2 Å². The SMILES string of the molecule is Cc1cc(C)nc(NS(=O)(=O)c2ccc(NC(=O)CCn3ncc(I)c3C)cc2)n1. The van der Waals surface area contributed by atoms with E-state index in [1.54, 1.807) is 30.8 Å². The van der Waals surface area contributed by atoms with Crippen molar-refractivity contribution in [2.24, 2.45) is 0 Å². The lowest BCUT2D eigenvalue weighted by Gasteiger charge is -2.10. The summed E-state index contributed by atoms with van der Waals surface area (Å²) in [7, 11) is -3.84. The Kier molecular flexibility index (Phi) is 6.71. The van der Waals surface area contributed by atoms with Gasteiger partial charge in [-0.2, -0.15) is 5.10 Å². The fraction of sp³-hybridized carbons (Fsp3) is 0.263. The Morgan fingerprint density at radius 3 is 2.30 bits per heavy atom. The van der Waals surface area contributed by atoms with E-state index in [0.717, 1.165) is 9.26 Å². The maximum atomic E-state index is 12.6. The van der Waals surface area contributed by atoms with Crippen molar-refractivity contribution in [2.75, 3.05) is 10.0 Å². The number of aryl methyl sites for hydroxylation is 3. The van der Waals surface area contributed by atoms with E-state index in [9.17, 15) is 13.2 Å². The Hall–Kier alpha value is -2.54. The van der Waals surface area contributed by atoms with Gasteiger partial charge in [0.25, 0.3) is 10.0 Å². The number of rotatable bonds is 7. The number of halogens is 1. The molecule has 0 unspecified atom stereocenters. The van der Waals surface area contributed by atoms with Crippen LogP contribution in [0.15, 0.2) is 41.4 Å². The summed E-state index contributed by atoms with van der Waals surface area (Å²) in [6.45, 7) is 5.94. The third-order valence-electron chi connectivity index (χ3n) is 4.25. The number of carbonyl (C=O) groups is 1. The van der Waals surface area contributed by atoms with Gasteiger partial charge in [-0.15, -0.1) is 0 Å². The monoisotopic (exact) mass is 540 g/mol. The van der Waals surface area contributed by atoms with Crippen molar-refractivity contribution in [3.63, 3.8) is 0 Å². The number of benzene rings is 1. The summed E-state index contributed by atoms with van der Waals surface area (Å²) >= 11 is 2.19. The number of hydrogen-bond acceptors (Lipinski definition) is 6. The molecule has 0 radical (unpaired) electrons. The summed E-state index contributed by atoms with van der Waals surface area (Å²) in [5, 5.41) is 6.98. The van der Waals surface area contributed by atoms with Crippen molar-refractivity contribution >= 4 is 50.2 Å². The van der Waals surface area contributed by atoms with Gasteiger partial charge in [-0.3, -0.25) is 9.48 Å². The second-order valence-corrected chi connectivity index (χ2v) is 9.55. The van der Waals surface area contributed by atoms with Gasteiger partial charge < -0.3 is 5.32 Å². The molecule has 158 valence electrons. The number of amides is 1. The molecule has 2 aromatic heterocycles.